The monoisotopic (exact) mass is 640 g/mol. The fourth-order valence-electron chi connectivity index (χ4n) is 6.09. The molecule has 0 heterocycles. The van der Waals surface area contributed by atoms with E-state index in [1.165, 1.54) is 0 Å². The van der Waals surface area contributed by atoms with E-state index in [1.807, 2.05) is 133 Å². The molecule has 49 heavy (non-hydrogen) atoms. The van der Waals surface area contributed by atoms with Crippen molar-refractivity contribution in [1.82, 2.24) is 0 Å². The van der Waals surface area contributed by atoms with E-state index in [4.69, 9.17) is 14.2 Å². The molecule has 7 aromatic rings. The Morgan fingerprint density at radius 1 is 0.306 bits per heavy atom. The molecule has 0 saturated carbocycles. The fourth-order valence-corrected chi connectivity index (χ4v) is 6.09. The van der Waals surface area contributed by atoms with Crippen molar-refractivity contribution >= 4 is 0 Å². The number of hydrogen-bond donors (Lipinski definition) is 1. The lowest BCUT2D eigenvalue weighted by Gasteiger charge is -2.23. The molecular weight excluding hydrogens is 604 g/mol. The minimum Gasteiger partial charge on any atom is -0.507 e. The molecule has 0 unspecified atom stereocenters. The molecule has 0 bridgehead atoms. The molecule has 240 valence electrons. The van der Waals surface area contributed by atoms with Gasteiger partial charge in [0.1, 0.15) is 42.8 Å². The maximum atomic E-state index is 11.8. The second-order valence-electron chi connectivity index (χ2n) is 11.7. The van der Waals surface area contributed by atoms with Gasteiger partial charge >= 0.3 is 0 Å². The standard InChI is InChI=1S/C45H36O4/c46-43-29-28-42(39-25-13-10-16-33(39)30-47-36-19-4-1-5-20-36)44(40-26-14-11-17-34(40)31-48-37-21-6-2-7-22-37)45(43)41-27-15-12-18-35(41)32-49-38-23-8-3-9-24-38/h1-29,46H,30-32H2. The van der Waals surface area contributed by atoms with Gasteiger partial charge in [-0.2, -0.15) is 0 Å². The van der Waals surface area contributed by atoms with Gasteiger partial charge < -0.3 is 19.3 Å². The van der Waals surface area contributed by atoms with Crippen LogP contribution in [0.3, 0.4) is 0 Å². The number of rotatable bonds is 12. The second-order valence-corrected chi connectivity index (χ2v) is 11.7. The number of benzene rings is 7. The maximum absolute atomic E-state index is 11.8. The lowest BCUT2D eigenvalue weighted by Crippen LogP contribution is -2.03. The van der Waals surface area contributed by atoms with Gasteiger partial charge in [-0.15, -0.1) is 0 Å². The van der Waals surface area contributed by atoms with Crippen molar-refractivity contribution in [2.45, 2.75) is 19.8 Å². The largest absolute Gasteiger partial charge is 0.507 e. The van der Waals surface area contributed by atoms with Crippen molar-refractivity contribution in [2.24, 2.45) is 0 Å². The van der Waals surface area contributed by atoms with Crippen LogP contribution in [-0.2, 0) is 19.8 Å². The summed E-state index contributed by atoms with van der Waals surface area (Å²) < 4.78 is 18.8. The highest BCUT2D eigenvalue weighted by Crippen LogP contribution is 2.47. The number of phenolic OH excluding ortho intramolecular Hbond substituents is 1. The Labute approximate surface area is 287 Å². The minimum atomic E-state index is 0.183. The predicted octanol–water partition coefficient (Wildman–Crippen LogP) is 11.1. The first-order chi connectivity index (χ1) is 24.2. The zero-order chi connectivity index (χ0) is 33.3. The summed E-state index contributed by atoms with van der Waals surface area (Å²) in [5.41, 5.74) is 8.48. The Kier molecular flexibility index (Phi) is 9.66. The lowest BCUT2D eigenvalue weighted by molar-refractivity contribution is 0.306. The summed E-state index contributed by atoms with van der Waals surface area (Å²) in [5, 5.41) is 11.8. The number of ether oxygens (including phenoxy) is 3. The van der Waals surface area contributed by atoms with E-state index in [2.05, 4.69) is 36.4 Å². The molecule has 0 radical (unpaired) electrons. The molecular formula is C45H36O4. The van der Waals surface area contributed by atoms with Gasteiger partial charge in [0.2, 0.25) is 0 Å². The molecule has 0 amide bonds. The molecule has 4 heteroatoms. The van der Waals surface area contributed by atoms with Gasteiger partial charge in [-0.25, -0.2) is 0 Å². The Morgan fingerprint density at radius 2 is 0.653 bits per heavy atom. The van der Waals surface area contributed by atoms with Crippen LogP contribution in [0, 0.1) is 0 Å². The fraction of sp³-hybridized carbons (Fsp3) is 0.0667. The van der Waals surface area contributed by atoms with Gasteiger partial charge in [-0.05, 0) is 81.4 Å². The highest BCUT2D eigenvalue weighted by molar-refractivity contribution is 5.99. The van der Waals surface area contributed by atoms with Crippen LogP contribution in [-0.4, -0.2) is 5.11 Å². The summed E-state index contributed by atoms with van der Waals surface area (Å²) in [6.45, 7) is 1.08. The van der Waals surface area contributed by atoms with E-state index >= 15 is 0 Å². The quantitative estimate of drug-likeness (QED) is 0.144. The van der Waals surface area contributed by atoms with Crippen molar-refractivity contribution < 1.29 is 19.3 Å². The van der Waals surface area contributed by atoms with E-state index < -0.39 is 0 Å². The van der Waals surface area contributed by atoms with Crippen LogP contribution in [0.2, 0.25) is 0 Å². The van der Waals surface area contributed by atoms with E-state index in [0.717, 1.165) is 67.3 Å². The van der Waals surface area contributed by atoms with Gasteiger partial charge in [0.25, 0.3) is 0 Å². The first-order valence-corrected chi connectivity index (χ1v) is 16.4. The summed E-state index contributed by atoms with van der Waals surface area (Å²) in [5.74, 6) is 2.56. The van der Waals surface area contributed by atoms with E-state index in [0.29, 0.717) is 19.8 Å². The summed E-state index contributed by atoms with van der Waals surface area (Å²) in [4.78, 5) is 0. The zero-order valence-electron chi connectivity index (χ0n) is 27.0. The lowest BCUT2D eigenvalue weighted by atomic mass is 9.83. The highest BCUT2D eigenvalue weighted by atomic mass is 16.5. The van der Waals surface area contributed by atoms with E-state index in [-0.39, 0.29) is 5.75 Å². The average molecular weight is 641 g/mol. The number of phenols is 1. The maximum Gasteiger partial charge on any atom is 0.124 e. The third-order valence-corrected chi connectivity index (χ3v) is 8.48. The Balaban J connectivity index is 1.39. The van der Waals surface area contributed by atoms with Crippen LogP contribution in [0.1, 0.15) is 16.7 Å². The average Bonchev–Trinajstić information content (AvgIpc) is 3.17. The van der Waals surface area contributed by atoms with Gasteiger partial charge in [-0.3, -0.25) is 0 Å². The van der Waals surface area contributed by atoms with Gasteiger partial charge in [0.15, 0.2) is 0 Å². The Morgan fingerprint density at radius 3 is 1.10 bits per heavy atom. The van der Waals surface area contributed by atoms with E-state index in [9.17, 15) is 5.11 Å². The van der Waals surface area contributed by atoms with Crippen LogP contribution >= 0.6 is 0 Å². The predicted molar refractivity (Wildman–Crippen MR) is 197 cm³/mol. The summed E-state index contributed by atoms with van der Waals surface area (Å²) in [6, 6.07) is 57.9. The van der Waals surface area contributed by atoms with Crippen LogP contribution in [0.25, 0.3) is 33.4 Å². The molecule has 0 saturated heterocycles. The molecule has 0 spiro atoms. The number of para-hydroxylation sites is 3. The van der Waals surface area contributed by atoms with Crippen LogP contribution in [0.15, 0.2) is 176 Å². The Bertz CT molecular complexity index is 2130. The first-order valence-electron chi connectivity index (χ1n) is 16.4. The second kappa shape index (κ2) is 15.1. The third-order valence-electron chi connectivity index (χ3n) is 8.48. The molecule has 0 fully saturated rings. The van der Waals surface area contributed by atoms with Crippen LogP contribution < -0.4 is 14.2 Å². The van der Waals surface area contributed by atoms with Crippen molar-refractivity contribution in [3.63, 3.8) is 0 Å². The summed E-state index contributed by atoms with van der Waals surface area (Å²) in [7, 11) is 0. The molecule has 1 N–H and O–H groups in total. The van der Waals surface area contributed by atoms with Crippen LogP contribution in [0.5, 0.6) is 23.0 Å². The number of hydrogen-bond acceptors (Lipinski definition) is 4. The SMILES string of the molecule is Oc1ccc(-c2ccccc2COc2ccccc2)c(-c2ccccc2COc2ccccc2)c1-c1ccccc1COc1ccccc1. The minimum absolute atomic E-state index is 0.183. The smallest absolute Gasteiger partial charge is 0.124 e. The van der Waals surface area contributed by atoms with Crippen molar-refractivity contribution in [3.05, 3.63) is 193 Å². The molecule has 0 aliphatic heterocycles. The third kappa shape index (κ3) is 7.34. The molecule has 0 aliphatic rings. The summed E-state index contributed by atoms with van der Waals surface area (Å²) >= 11 is 0. The molecule has 7 rings (SSSR count). The van der Waals surface area contributed by atoms with Crippen molar-refractivity contribution in [1.29, 1.82) is 0 Å². The topological polar surface area (TPSA) is 47.9 Å². The molecule has 7 aromatic carbocycles. The molecule has 4 nitrogen and oxygen atoms in total. The summed E-state index contributed by atoms with van der Waals surface area (Å²) in [6.07, 6.45) is 0. The number of aromatic hydroxyl groups is 1. The van der Waals surface area contributed by atoms with Crippen molar-refractivity contribution in [2.75, 3.05) is 0 Å². The van der Waals surface area contributed by atoms with E-state index in [1.54, 1.807) is 6.07 Å². The van der Waals surface area contributed by atoms with Crippen molar-refractivity contribution in [3.8, 4) is 56.4 Å². The van der Waals surface area contributed by atoms with Gasteiger partial charge in [-0.1, -0.05) is 133 Å². The van der Waals surface area contributed by atoms with Gasteiger partial charge in [0, 0.05) is 11.1 Å². The molecule has 0 atom stereocenters. The Hall–Kier alpha value is -6.26. The molecule has 0 aromatic heterocycles. The normalized spacial score (nSPS) is 10.8. The first kappa shape index (κ1) is 31.3. The zero-order valence-corrected chi connectivity index (χ0v) is 27.0. The van der Waals surface area contributed by atoms with Gasteiger partial charge in [0.05, 0.1) is 0 Å². The van der Waals surface area contributed by atoms with Crippen LogP contribution in [0.4, 0.5) is 0 Å². The molecule has 0 aliphatic carbocycles. The highest BCUT2D eigenvalue weighted by Gasteiger charge is 2.23.